The van der Waals surface area contributed by atoms with E-state index in [9.17, 15) is 10.1 Å². The van der Waals surface area contributed by atoms with E-state index in [-0.39, 0.29) is 5.69 Å². The fraction of sp³-hybridized carbons (Fsp3) is 0.400. The van der Waals surface area contributed by atoms with Crippen LogP contribution in [0, 0.1) is 17.0 Å². The van der Waals surface area contributed by atoms with Gasteiger partial charge in [-0.05, 0) is 31.4 Å². The molecule has 0 unspecified atom stereocenters. The molecule has 3 rings (SSSR count). The lowest BCUT2D eigenvalue weighted by atomic mass is 9.93. The van der Waals surface area contributed by atoms with Crippen molar-refractivity contribution in [1.29, 1.82) is 0 Å². The number of nitro benzene ring substituents is 1. The van der Waals surface area contributed by atoms with Crippen LogP contribution in [0.15, 0.2) is 24.4 Å². The number of piperidine rings is 1. The van der Waals surface area contributed by atoms with Gasteiger partial charge in [0.2, 0.25) is 0 Å². The molecule has 0 saturated carbocycles. The number of aryl methyl sites for hydroxylation is 1. The second kappa shape index (κ2) is 5.96. The summed E-state index contributed by atoms with van der Waals surface area (Å²) >= 11 is 6.29. The number of hydrogen-bond acceptors (Lipinski definition) is 4. The van der Waals surface area contributed by atoms with E-state index in [1.165, 1.54) is 11.8 Å². The maximum absolute atomic E-state index is 10.9. The Morgan fingerprint density at radius 3 is 2.68 bits per heavy atom. The van der Waals surface area contributed by atoms with Crippen molar-refractivity contribution in [2.75, 3.05) is 18.0 Å². The molecular weight excluding hydrogens is 304 g/mol. The molecule has 0 spiro atoms. The van der Waals surface area contributed by atoms with Gasteiger partial charge in [-0.1, -0.05) is 11.6 Å². The lowest BCUT2D eigenvalue weighted by molar-refractivity contribution is -0.384. The lowest BCUT2D eigenvalue weighted by Crippen LogP contribution is -2.33. The first kappa shape index (κ1) is 14.8. The summed E-state index contributed by atoms with van der Waals surface area (Å²) in [5.74, 6) is 0.482. The molecule has 1 aromatic carbocycles. The average molecular weight is 321 g/mol. The topological polar surface area (TPSA) is 75.1 Å². The van der Waals surface area contributed by atoms with Crippen molar-refractivity contribution in [3.05, 3.63) is 50.8 Å². The normalized spacial score (nSPS) is 16.0. The molecule has 1 aliphatic rings. The summed E-state index contributed by atoms with van der Waals surface area (Å²) < 4.78 is 0. The number of hydrogen-bond donors (Lipinski definition) is 1. The minimum atomic E-state index is -0.410. The summed E-state index contributed by atoms with van der Waals surface area (Å²) in [7, 11) is 0. The zero-order valence-electron chi connectivity index (χ0n) is 12.3. The van der Waals surface area contributed by atoms with Crippen LogP contribution < -0.4 is 4.90 Å². The van der Waals surface area contributed by atoms with Crippen molar-refractivity contribution in [3.8, 4) is 0 Å². The van der Waals surface area contributed by atoms with Crippen LogP contribution in [-0.4, -0.2) is 28.2 Å². The molecule has 0 radical (unpaired) electrons. The van der Waals surface area contributed by atoms with Crippen molar-refractivity contribution in [1.82, 2.24) is 10.2 Å². The smallest absolute Gasteiger partial charge is 0.271 e. The molecule has 1 aromatic heterocycles. The highest BCUT2D eigenvalue weighted by Crippen LogP contribution is 2.37. The van der Waals surface area contributed by atoms with Gasteiger partial charge in [-0.2, -0.15) is 5.10 Å². The Bertz CT molecular complexity index is 656. The SMILES string of the molecule is Cc1cc([N+](=O)[O-])cc(Cl)c1N1CCC(c2ccn[nH]2)CC1. The largest absolute Gasteiger partial charge is 0.370 e. The Balaban J connectivity index is 1.77. The summed E-state index contributed by atoms with van der Waals surface area (Å²) in [5.41, 5.74) is 2.97. The molecule has 0 bridgehead atoms. The third-order valence-electron chi connectivity index (χ3n) is 4.22. The van der Waals surface area contributed by atoms with Crippen LogP contribution >= 0.6 is 11.6 Å². The highest BCUT2D eigenvalue weighted by molar-refractivity contribution is 6.33. The van der Waals surface area contributed by atoms with Gasteiger partial charge in [-0.15, -0.1) is 0 Å². The summed E-state index contributed by atoms with van der Waals surface area (Å²) in [6.45, 7) is 3.62. The Labute approximate surface area is 133 Å². The van der Waals surface area contributed by atoms with Crippen molar-refractivity contribution in [3.63, 3.8) is 0 Å². The molecule has 7 heteroatoms. The van der Waals surface area contributed by atoms with E-state index in [0.717, 1.165) is 37.2 Å². The first-order chi connectivity index (χ1) is 10.6. The minimum absolute atomic E-state index is 0.0404. The van der Waals surface area contributed by atoms with Crippen LogP contribution in [-0.2, 0) is 0 Å². The molecule has 6 nitrogen and oxygen atoms in total. The van der Waals surface area contributed by atoms with Gasteiger partial charge in [0.05, 0.1) is 15.6 Å². The summed E-state index contributed by atoms with van der Waals surface area (Å²) in [6.07, 6.45) is 3.79. The van der Waals surface area contributed by atoms with Gasteiger partial charge in [-0.3, -0.25) is 15.2 Å². The van der Waals surface area contributed by atoms with Crippen molar-refractivity contribution < 1.29 is 4.92 Å². The fourth-order valence-corrected chi connectivity index (χ4v) is 3.51. The first-order valence-electron chi connectivity index (χ1n) is 7.25. The number of nitrogens with one attached hydrogen (secondary N) is 1. The van der Waals surface area contributed by atoms with Gasteiger partial charge < -0.3 is 4.90 Å². The summed E-state index contributed by atoms with van der Waals surface area (Å²) in [6, 6.07) is 5.04. The van der Waals surface area contributed by atoms with Gasteiger partial charge in [0.25, 0.3) is 5.69 Å². The van der Waals surface area contributed by atoms with Crippen molar-refractivity contribution >= 4 is 23.0 Å². The highest BCUT2D eigenvalue weighted by atomic mass is 35.5. The minimum Gasteiger partial charge on any atom is -0.370 e. The molecule has 1 N–H and O–H groups in total. The number of non-ortho nitro benzene ring substituents is 1. The predicted octanol–water partition coefficient (Wildman–Crippen LogP) is 3.66. The number of rotatable bonds is 3. The molecule has 0 amide bonds. The molecule has 2 heterocycles. The highest BCUT2D eigenvalue weighted by Gasteiger charge is 2.25. The van der Waals surface area contributed by atoms with E-state index in [0.29, 0.717) is 10.9 Å². The first-order valence-corrected chi connectivity index (χ1v) is 7.63. The molecule has 1 aliphatic heterocycles. The Morgan fingerprint density at radius 2 is 2.14 bits per heavy atom. The van der Waals surface area contributed by atoms with Crippen molar-refractivity contribution in [2.24, 2.45) is 0 Å². The second-order valence-corrected chi connectivity index (χ2v) is 6.03. The molecule has 22 heavy (non-hydrogen) atoms. The van der Waals surface area contributed by atoms with E-state index in [4.69, 9.17) is 11.6 Å². The van der Waals surface area contributed by atoms with E-state index >= 15 is 0 Å². The number of aromatic nitrogens is 2. The Hall–Kier alpha value is -2.08. The van der Waals surface area contributed by atoms with E-state index in [1.54, 1.807) is 12.3 Å². The zero-order chi connectivity index (χ0) is 15.7. The predicted molar refractivity (Wildman–Crippen MR) is 85.6 cm³/mol. The third-order valence-corrected chi connectivity index (χ3v) is 4.51. The van der Waals surface area contributed by atoms with Crippen molar-refractivity contribution in [2.45, 2.75) is 25.7 Å². The van der Waals surface area contributed by atoms with Crippen LogP contribution in [0.3, 0.4) is 0 Å². The molecule has 2 aromatic rings. The quantitative estimate of drug-likeness (QED) is 0.691. The molecule has 1 fully saturated rings. The monoisotopic (exact) mass is 320 g/mol. The van der Waals surface area contributed by atoms with Gasteiger partial charge in [-0.25, -0.2) is 0 Å². The summed E-state index contributed by atoms with van der Waals surface area (Å²) in [5, 5.41) is 18.4. The number of benzene rings is 1. The Kier molecular flexibility index (Phi) is 4.02. The maximum atomic E-state index is 10.9. The third kappa shape index (κ3) is 2.78. The molecule has 116 valence electrons. The lowest BCUT2D eigenvalue weighted by Gasteiger charge is -2.34. The number of halogens is 1. The maximum Gasteiger partial charge on any atom is 0.271 e. The molecule has 0 atom stereocenters. The van der Waals surface area contributed by atoms with Crippen LogP contribution in [0.2, 0.25) is 5.02 Å². The average Bonchev–Trinajstić information content (AvgIpc) is 3.01. The van der Waals surface area contributed by atoms with Crippen LogP contribution in [0.25, 0.3) is 0 Å². The van der Waals surface area contributed by atoms with Crippen LogP contribution in [0.4, 0.5) is 11.4 Å². The molecule has 0 aliphatic carbocycles. The number of nitrogens with zero attached hydrogens (tertiary/aromatic N) is 3. The van der Waals surface area contributed by atoms with Crippen LogP contribution in [0.1, 0.15) is 30.0 Å². The molecule has 1 saturated heterocycles. The van der Waals surface area contributed by atoms with Gasteiger partial charge in [0.15, 0.2) is 0 Å². The Morgan fingerprint density at radius 1 is 1.41 bits per heavy atom. The number of H-pyrrole nitrogens is 1. The molecular formula is C15H17ClN4O2. The second-order valence-electron chi connectivity index (χ2n) is 5.62. The summed E-state index contributed by atoms with van der Waals surface area (Å²) in [4.78, 5) is 12.7. The van der Waals surface area contributed by atoms with E-state index in [2.05, 4.69) is 15.1 Å². The fourth-order valence-electron chi connectivity index (χ4n) is 3.13. The van der Waals surface area contributed by atoms with E-state index < -0.39 is 4.92 Å². The van der Waals surface area contributed by atoms with Gasteiger partial charge in [0.1, 0.15) is 0 Å². The number of anilines is 1. The standard InChI is InChI=1S/C15H17ClN4O2/c1-10-8-12(20(21)22)9-13(16)15(10)19-6-3-11(4-7-19)14-2-5-17-18-14/h2,5,8-9,11H,3-4,6-7H2,1H3,(H,17,18). The zero-order valence-corrected chi connectivity index (χ0v) is 13.0. The number of nitro groups is 1. The van der Waals surface area contributed by atoms with E-state index in [1.807, 2.05) is 13.0 Å². The van der Waals surface area contributed by atoms with Gasteiger partial charge >= 0.3 is 0 Å². The van der Waals surface area contributed by atoms with Gasteiger partial charge in [0, 0.05) is 43.0 Å². The van der Waals surface area contributed by atoms with Crippen LogP contribution in [0.5, 0.6) is 0 Å². The number of aromatic amines is 1.